The number of carbonyl (C=O) groups excluding carboxylic acids is 2. The monoisotopic (exact) mass is 335 g/mol. The molecule has 0 radical (unpaired) electrons. The fourth-order valence-corrected chi connectivity index (χ4v) is 3.35. The molecule has 0 fully saturated rings. The molecule has 6 nitrogen and oxygen atoms in total. The Labute approximate surface area is 144 Å². The van der Waals surface area contributed by atoms with Crippen LogP contribution in [0.3, 0.4) is 0 Å². The van der Waals surface area contributed by atoms with Crippen LogP contribution in [0.5, 0.6) is 0 Å². The van der Waals surface area contributed by atoms with E-state index >= 15 is 0 Å². The quantitative estimate of drug-likeness (QED) is 0.590. The molecule has 4 rings (SSSR count). The van der Waals surface area contributed by atoms with Gasteiger partial charge in [-0.25, -0.2) is 4.98 Å². The van der Waals surface area contributed by atoms with Gasteiger partial charge in [0.1, 0.15) is 0 Å². The lowest BCUT2D eigenvalue weighted by Crippen LogP contribution is -2.43. The minimum atomic E-state index is -0.965. The van der Waals surface area contributed by atoms with Gasteiger partial charge in [0.2, 0.25) is 11.9 Å². The van der Waals surface area contributed by atoms with E-state index in [9.17, 15) is 9.59 Å². The molecule has 6 heteroatoms. The molecule has 0 aliphatic carbocycles. The number of aromatic nitrogens is 2. The van der Waals surface area contributed by atoms with Gasteiger partial charge in [0.15, 0.2) is 5.92 Å². The average molecular weight is 335 g/mol. The van der Waals surface area contributed by atoms with Crippen LogP contribution in [0.4, 0.5) is 5.95 Å². The van der Waals surface area contributed by atoms with Gasteiger partial charge in [-0.05, 0) is 24.6 Å². The van der Waals surface area contributed by atoms with Crippen LogP contribution in [0.1, 0.15) is 18.5 Å². The van der Waals surface area contributed by atoms with Crippen molar-refractivity contribution in [2.75, 3.05) is 11.9 Å². The molecule has 3 aromatic rings. The van der Waals surface area contributed by atoms with Crippen molar-refractivity contribution in [2.45, 2.75) is 13.0 Å². The van der Waals surface area contributed by atoms with Crippen LogP contribution in [0, 0.1) is 5.92 Å². The summed E-state index contributed by atoms with van der Waals surface area (Å²) in [6, 6.07) is 16.6. The molecule has 0 unspecified atom stereocenters. The molecular weight excluding hydrogens is 318 g/mol. The van der Waals surface area contributed by atoms with E-state index in [4.69, 9.17) is 4.74 Å². The van der Waals surface area contributed by atoms with Crippen molar-refractivity contribution >= 4 is 28.9 Å². The number of hydrogen-bond donors (Lipinski definition) is 1. The second kappa shape index (κ2) is 6.05. The van der Waals surface area contributed by atoms with Crippen LogP contribution in [0.15, 0.2) is 54.6 Å². The van der Waals surface area contributed by atoms with Crippen LogP contribution < -0.4 is 5.32 Å². The lowest BCUT2D eigenvalue weighted by Gasteiger charge is -2.32. The highest BCUT2D eigenvalue weighted by Crippen LogP contribution is 2.38. The Morgan fingerprint density at radius 2 is 1.88 bits per heavy atom. The summed E-state index contributed by atoms with van der Waals surface area (Å²) in [5, 5.41) is 2.75. The Morgan fingerprint density at radius 3 is 2.64 bits per heavy atom. The van der Waals surface area contributed by atoms with Gasteiger partial charge < -0.3 is 9.30 Å². The van der Waals surface area contributed by atoms with Crippen molar-refractivity contribution in [1.29, 1.82) is 0 Å². The van der Waals surface area contributed by atoms with E-state index < -0.39 is 23.8 Å². The summed E-state index contributed by atoms with van der Waals surface area (Å²) >= 11 is 0. The zero-order chi connectivity index (χ0) is 17.4. The molecule has 0 saturated carbocycles. The fraction of sp³-hybridized carbons (Fsp3) is 0.211. The molecule has 25 heavy (non-hydrogen) atoms. The van der Waals surface area contributed by atoms with Crippen molar-refractivity contribution in [3.8, 4) is 0 Å². The van der Waals surface area contributed by atoms with Crippen LogP contribution >= 0.6 is 0 Å². The number of benzene rings is 2. The molecule has 126 valence electrons. The number of nitrogens with zero attached hydrogens (tertiary/aromatic N) is 2. The van der Waals surface area contributed by atoms with Crippen molar-refractivity contribution < 1.29 is 14.3 Å². The van der Waals surface area contributed by atoms with Crippen molar-refractivity contribution in [3.05, 3.63) is 60.2 Å². The maximum Gasteiger partial charge on any atom is 0.321 e. The Morgan fingerprint density at radius 1 is 1.16 bits per heavy atom. The highest BCUT2D eigenvalue weighted by Gasteiger charge is 2.43. The number of imidazole rings is 1. The van der Waals surface area contributed by atoms with Gasteiger partial charge in [-0.2, -0.15) is 0 Å². The van der Waals surface area contributed by atoms with Gasteiger partial charge in [-0.15, -0.1) is 0 Å². The summed E-state index contributed by atoms with van der Waals surface area (Å²) in [5.74, 6) is -1.44. The standard InChI is InChI=1S/C19H17N3O3/c1-2-25-18(24)15-16(12-8-4-3-5-9-12)22-14-11-7-6-10-13(14)20-19(22)21-17(15)23/h3-11,15-16H,2H2,1H3,(H,20,21,23)/t15-,16-/m1/s1. The van der Waals surface area contributed by atoms with Crippen molar-refractivity contribution in [2.24, 2.45) is 5.92 Å². The van der Waals surface area contributed by atoms with Crippen LogP contribution in [0.25, 0.3) is 11.0 Å². The SMILES string of the molecule is CCOC(=O)[C@H]1C(=O)Nc2nc3ccccc3n2[C@@H]1c1ccccc1. The molecule has 0 saturated heterocycles. The number of amides is 1. The second-order valence-electron chi connectivity index (χ2n) is 5.87. The second-order valence-corrected chi connectivity index (χ2v) is 5.87. The van der Waals surface area contributed by atoms with Gasteiger partial charge in [-0.3, -0.25) is 14.9 Å². The summed E-state index contributed by atoms with van der Waals surface area (Å²) in [6.07, 6.45) is 0. The number of hydrogen-bond acceptors (Lipinski definition) is 4. The Kier molecular flexibility index (Phi) is 3.72. The first-order valence-electron chi connectivity index (χ1n) is 8.20. The molecule has 1 N–H and O–H groups in total. The average Bonchev–Trinajstić information content (AvgIpc) is 2.99. The number of nitrogens with one attached hydrogen (secondary N) is 1. The predicted octanol–water partition coefficient (Wildman–Crippen LogP) is 2.76. The van der Waals surface area contributed by atoms with Gasteiger partial charge >= 0.3 is 5.97 Å². The minimum Gasteiger partial charge on any atom is -0.465 e. The summed E-state index contributed by atoms with van der Waals surface area (Å²) < 4.78 is 7.08. The Hall–Kier alpha value is -3.15. The van der Waals surface area contributed by atoms with Crippen LogP contribution in [-0.2, 0) is 14.3 Å². The number of ether oxygens (including phenoxy) is 1. The molecule has 2 aromatic carbocycles. The number of esters is 1. The number of rotatable bonds is 3. The minimum absolute atomic E-state index is 0.224. The lowest BCUT2D eigenvalue weighted by atomic mass is 9.90. The Bertz CT molecular complexity index is 949. The van der Waals surface area contributed by atoms with Gasteiger partial charge in [-0.1, -0.05) is 42.5 Å². The zero-order valence-corrected chi connectivity index (χ0v) is 13.7. The Balaban J connectivity index is 1.96. The summed E-state index contributed by atoms with van der Waals surface area (Å²) in [6.45, 7) is 1.95. The zero-order valence-electron chi connectivity index (χ0n) is 13.7. The first-order chi connectivity index (χ1) is 12.2. The summed E-state index contributed by atoms with van der Waals surface area (Å²) in [4.78, 5) is 29.7. The smallest absolute Gasteiger partial charge is 0.321 e. The van der Waals surface area contributed by atoms with E-state index in [0.29, 0.717) is 5.95 Å². The molecule has 1 aliphatic heterocycles. The van der Waals surface area contributed by atoms with Crippen molar-refractivity contribution in [1.82, 2.24) is 9.55 Å². The van der Waals surface area contributed by atoms with Crippen LogP contribution in [0.2, 0.25) is 0 Å². The van der Waals surface area contributed by atoms with E-state index in [-0.39, 0.29) is 6.61 Å². The highest BCUT2D eigenvalue weighted by molar-refractivity contribution is 6.07. The molecule has 2 heterocycles. The molecular formula is C19H17N3O3. The van der Waals surface area contributed by atoms with Crippen LogP contribution in [-0.4, -0.2) is 28.0 Å². The number of anilines is 1. The molecule has 1 aliphatic rings. The number of para-hydroxylation sites is 2. The first kappa shape index (κ1) is 15.4. The first-order valence-corrected chi connectivity index (χ1v) is 8.20. The molecule has 0 bridgehead atoms. The third-order valence-electron chi connectivity index (χ3n) is 4.39. The van der Waals surface area contributed by atoms with E-state index in [1.807, 2.05) is 59.2 Å². The van der Waals surface area contributed by atoms with E-state index in [0.717, 1.165) is 16.6 Å². The van der Waals surface area contributed by atoms with E-state index in [1.165, 1.54) is 0 Å². The fourth-order valence-electron chi connectivity index (χ4n) is 3.35. The summed E-state index contributed by atoms with van der Waals surface area (Å²) in [7, 11) is 0. The van der Waals surface area contributed by atoms with Gasteiger partial charge in [0.05, 0.1) is 23.7 Å². The topological polar surface area (TPSA) is 73.2 Å². The van der Waals surface area contributed by atoms with Crippen molar-refractivity contribution in [3.63, 3.8) is 0 Å². The summed E-state index contributed by atoms with van der Waals surface area (Å²) in [5.41, 5.74) is 2.49. The van der Waals surface area contributed by atoms with Gasteiger partial charge in [0, 0.05) is 0 Å². The molecule has 2 atom stereocenters. The lowest BCUT2D eigenvalue weighted by molar-refractivity contribution is -0.152. The molecule has 0 spiro atoms. The molecule has 1 aromatic heterocycles. The van der Waals surface area contributed by atoms with E-state index in [2.05, 4.69) is 10.3 Å². The highest BCUT2D eigenvalue weighted by atomic mass is 16.5. The maximum absolute atomic E-state index is 12.7. The third kappa shape index (κ3) is 2.46. The van der Waals surface area contributed by atoms with Gasteiger partial charge in [0.25, 0.3) is 0 Å². The third-order valence-corrected chi connectivity index (χ3v) is 4.39. The van der Waals surface area contributed by atoms with E-state index in [1.54, 1.807) is 6.92 Å². The largest absolute Gasteiger partial charge is 0.465 e. The predicted molar refractivity (Wildman–Crippen MR) is 93.1 cm³/mol. The number of carbonyl (C=O) groups is 2. The maximum atomic E-state index is 12.7. The normalized spacial score (nSPS) is 19.3. The number of fused-ring (bicyclic) bond motifs is 3. The molecule has 1 amide bonds.